The molecule has 0 unspecified atom stereocenters. The van der Waals surface area contributed by atoms with Crippen molar-refractivity contribution in [2.45, 2.75) is 32.6 Å². The summed E-state index contributed by atoms with van der Waals surface area (Å²) in [6, 6.07) is 10.7. The highest BCUT2D eigenvalue weighted by Gasteiger charge is 2.16. The van der Waals surface area contributed by atoms with Crippen molar-refractivity contribution in [2.75, 3.05) is 50.7 Å². The smallest absolute Gasteiger partial charge is 0.188 e. The second-order valence-corrected chi connectivity index (χ2v) is 6.42. The molecule has 0 spiro atoms. The third-order valence-electron chi connectivity index (χ3n) is 4.49. The molecule has 0 radical (unpaired) electrons. The molecule has 1 aromatic carbocycles. The number of halogens is 1. The van der Waals surface area contributed by atoms with Gasteiger partial charge in [0.05, 0.1) is 0 Å². The molecule has 0 amide bonds. The summed E-state index contributed by atoms with van der Waals surface area (Å²) in [5.74, 6) is 0.597. The Morgan fingerprint density at radius 3 is 2.48 bits per heavy atom. The Kier molecular flexibility index (Phi) is 11.6. The number of piperazine rings is 1. The summed E-state index contributed by atoms with van der Waals surface area (Å²) in [5.41, 5.74) is 7.18. The topological polar surface area (TPSA) is 56.9 Å². The third kappa shape index (κ3) is 8.76. The van der Waals surface area contributed by atoms with Crippen LogP contribution in [0.15, 0.2) is 35.3 Å². The van der Waals surface area contributed by atoms with E-state index in [1.54, 1.807) is 0 Å². The van der Waals surface area contributed by atoms with Gasteiger partial charge in [-0.05, 0) is 37.9 Å². The Labute approximate surface area is 170 Å². The molecule has 0 bridgehead atoms. The fraction of sp³-hybridized carbons (Fsp3) is 0.632. The van der Waals surface area contributed by atoms with E-state index in [1.807, 2.05) is 0 Å². The maximum absolute atomic E-state index is 5.83. The lowest BCUT2D eigenvalue weighted by Crippen LogP contribution is -2.46. The number of rotatable bonds is 9. The maximum Gasteiger partial charge on any atom is 0.188 e. The van der Waals surface area contributed by atoms with Crippen molar-refractivity contribution in [3.63, 3.8) is 0 Å². The predicted molar refractivity (Wildman–Crippen MR) is 119 cm³/mol. The summed E-state index contributed by atoms with van der Waals surface area (Å²) < 4.78 is 0. The number of aliphatic imine (C=N–C) groups is 1. The number of guanidine groups is 1. The lowest BCUT2D eigenvalue weighted by atomic mass is 10.2. The van der Waals surface area contributed by atoms with Crippen LogP contribution in [0.4, 0.5) is 5.69 Å². The standard InChI is InChI=1S/C19H33N5.HI/c1-2-3-11-21-19(20)22-12-7-8-13-23-14-16-24(17-15-23)18-9-5-4-6-10-18;/h4-6,9-10H,2-3,7-8,11-17H2,1H3,(H3,20,21,22);1H. The van der Waals surface area contributed by atoms with Crippen molar-refractivity contribution in [1.29, 1.82) is 0 Å². The Hall–Kier alpha value is -1.02. The first-order valence-corrected chi connectivity index (χ1v) is 9.35. The van der Waals surface area contributed by atoms with E-state index in [0.717, 1.165) is 52.1 Å². The van der Waals surface area contributed by atoms with E-state index in [-0.39, 0.29) is 24.0 Å². The van der Waals surface area contributed by atoms with Gasteiger partial charge in [-0.1, -0.05) is 31.5 Å². The van der Waals surface area contributed by atoms with Gasteiger partial charge in [-0.3, -0.25) is 9.89 Å². The highest BCUT2D eigenvalue weighted by molar-refractivity contribution is 14.0. The van der Waals surface area contributed by atoms with E-state index in [0.29, 0.717) is 5.96 Å². The molecule has 1 saturated heterocycles. The Balaban J connectivity index is 0.00000312. The van der Waals surface area contributed by atoms with Crippen molar-refractivity contribution in [1.82, 2.24) is 10.2 Å². The molecular formula is C19H34IN5. The Morgan fingerprint density at radius 1 is 1.08 bits per heavy atom. The van der Waals surface area contributed by atoms with Crippen molar-refractivity contribution in [3.8, 4) is 0 Å². The lowest BCUT2D eigenvalue weighted by Gasteiger charge is -2.36. The molecule has 0 aromatic heterocycles. The summed E-state index contributed by atoms with van der Waals surface area (Å²) in [6.45, 7) is 9.65. The first kappa shape index (κ1) is 22.0. The molecule has 6 heteroatoms. The normalized spacial score (nSPS) is 15.7. The number of benzene rings is 1. The highest BCUT2D eigenvalue weighted by atomic mass is 127. The van der Waals surface area contributed by atoms with Gasteiger partial charge in [0, 0.05) is 45.0 Å². The van der Waals surface area contributed by atoms with Crippen LogP contribution in [0.25, 0.3) is 0 Å². The molecule has 0 aliphatic carbocycles. The van der Waals surface area contributed by atoms with Crippen LogP contribution < -0.4 is 16.0 Å². The average Bonchev–Trinajstić information content (AvgIpc) is 2.63. The molecule has 1 aliphatic heterocycles. The van der Waals surface area contributed by atoms with Crippen LogP contribution in [-0.2, 0) is 0 Å². The monoisotopic (exact) mass is 459 g/mol. The minimum absolute atomic E-state index is 0. The minimum Gasteiger partial charge on any atom is -0.370 e. The molecule has 5 nitrogen and oxygen atoms in total. The van der Waals surface area contributed by atoms with Gasteiger partial charge in [0.25, 0.3) is 0 Å². The van der Waals surface area contributed by atoms with Gasteiger partial charge in [0.1, 0.15) is 0 Å². The zero-order valence-corrected chi connectivity index (χ0v) is 17.8. The summed E-state index contributed by atoms with van der Waals surface area (Å²) in [6.07, 6.45) is 4.62. The SMILES string of the molecule is CCCCNC(N)=NCCCCN1CCN(c2ccccc2)CC1.I. The van der Waals surface area contributed by atoms with Crippen LogP contribution in [0.3, 0.4) is 0 Å². The molecular weight excluding hydrogens is 425 g/mol. The van der Waals surface area contributed by atoms with E-state index in [2.05, 4.69) is 57.4 Å². The molecule has 3 N–H and O–H groups in total. The van der Waals surface area contributed by atoms with Crippen molar-refractivity contribution in [3.05, 3.63) is 30.3 Å². The van der Waals surface area contributed by atoms with Gasteiger partial charge >= 0.3 is 0 Å². The molecule has 142 valence electrons. The maximum atomic E-state index is 5.83. The molecule has 0 saturated carbocycles. The first-order valence-electron chi connectivity index (χ1n) is 9.35. The molecule has 0 atom stereocenters. The van der Waals surface area contributed by atoms with Gasteiger partial charge in [-0.2, -0.15) is 0 Å². The van der Waals surface area contributed by atoms with E-state index < -0.39 is 0 Å². The number of anilines is 1. The van der Waals surface area contributed by atoms with E-state index in [1.165, 1.54) is 25.1 Å². The van der Waals surface area contributed by atoms with Crippen molar-refractivity contribution in [2.24, 2.45) is 10.7 Å². The summed E-state index contributed by atoms with van der Waals surface area (Å²) in [7, 11) is 0. The van der Waals surface area contributed by atoms with Crippen molar-refractivity contribution < 1.29 is 0 Å². The molecule has 25 heavy (non-hydrogen) atoms. The summed E-state index contributed by atoms with van der Waals surface area (Å²) in [4.78, 5) is 9.42. The quantitative estimate of drug-likeness (QED) is 0.258. The van der Waals surface area contributed by atoms with Gasteiger partial charge in [0.15, 0.2) is 5.96 Å². The average molecular weight is 459 g/mol. The van der Waals surface area contributed by atoms with Gasteiger partial charge in [0.2, 0.25) is 0 Å². The van der Waals surface area contributed by atoms with Gasteiger partial charge in [-0.15, -0.1) is 24.0 Å². The highest BCUT2D eigenvalue weighted by Crippen LogP contribution is 2.15. The zero-order chi connectivity index (χ0) is 17.0. The number of para-hydroxylation sites is 1. The Bertz CT molecular complexity index is 472. The van der Waals surface area contributed by atoms with E-state index in [9.17, 15) is 0 Å². The van der Waals surface area contributed by atoms with Crippen molar-refractivity contribution >= 4 is 35.6 Å². The molecule has 1 heterocycles. The second kappa shape index (κ2) is 13.2. The van der Waals surface area contributed by atoms with Crippen LogP contribution in [0.2, 0.25) is 0 Å². The fourth-order valence-corrected chi connectivity index (χ4v) is 2.96. The molecule has 1 aliphatic rings. The largest absolute Gasteiger partial charge is 0.370 e. The van der Waals surface area contributed by atoms with E-state index in [4.69, 9.17) is 5.73 Å². The fourth-order valence-electron chi connectivity index (χ4n) is 2.96. The molecule has 2 rings (SSSR count). The number of hydrogen-bond donors (Lipinski definition) is 2. The third-order valence-corrected chi connectivity index (χ3v) is 4.49. The van der Waals surface area contributed by atoms with Crippen LogP contribution in [0.5, 0.6) is 0 Å². The number of unbranched alkanes of at least 4 members (excludes halogenated alkanes) is 2. The predicted octanol–water partition coefficient (Wildman–Crippen LogP) is 2.91. The van der Waals surface area contributed by atoms with Gasteiger partial charge in [-0.25, -0.2) is 0 Å². The number of hydrogen-bond acceptors (Lipinski definition) is 3. The summed E-state index contributed by atoms with van der Waals surface area (Å²) in [5, 5.41) is 3.16. The summed E-state index contributed by atoms with van der Waals surface area (Å²) >= 11 is 0. The Morgan fingerprint density at radius 2 is 1.80 bits per heavy atom. The first-order chi connectivity index (χ1) is 11.8. The second-order valence-electron chi connectivity index (χ2n) is 6.42. The van der Waals surface area contributed by atoms with Crippen LogP contribution >= 0.6 is 24.0 Å². The zero-order valence-electron chi connectivity index (χ0n) is 15.5. The minimum atomic E-state index is 0. The molecule has 1 fully saturated rings. The number of nitrogens with two attached hydrogens (primary N) is 1. The van der Waals surface area contributed by atoms with Crippen LogP contribution in [-0.4, -0.2) is 56.7 Å². The van der Waals surface area contributed by atoms with Crippen LogP contribution in [0, 0.1) is 0 Å². The van der Waals surface area contributed by atoms with Gasteiger partial charge < -0.3 is 16.0 Å². The number of nitrogens with one attached hydrogen (secondary N) is 1. The van der Waals surface area contributed by atoms with Crippen LogP contribution in [0.1, 0.15) is 32.6 Å². The lowest BCUT2D eigenvalue weighted by molar-refractivity contribution is 0.253. The number of nitrogens with zero attached hydrogens (tertiary/aromatic N) is 3. The molecule has 1 aromatic rings. The van der Waals surface area contributed by atoms with E-state index >= 15 is 0 Å².